The van der Waals surface area contributed by atoms with E-state index in [2.05, 4.69) is 12.2 Å². The van der Waals surface area contributed by atoms with Gasteiger partial charge >= 0.3 is 0 Å². The van der Waals surface area contributed by atoms with Crippen LogP contribution in [0.1, 0.15) is 25.5 Å². The predicted octanol–water partition coefficient (Wildman–Crippen LogP) is 3.74. The van der Waals surface area contributed by atoms with Gasteiger partial charge in [-0.1, -0.05) is 23.2 Å². The molecule has 0 saturated carbocycles. The normalized spacial score (nSPS) is 13.1. The van der Waals surface area contributed by atoms with Gasteiger partial charge in [-0.05, 0) is 25.5 Å². The van der Waals surface area contributed by atoms with E-state index in [0.717, 1.165) is 34.0 Å². The zero-order valence-electron chi connectivity index (χ0n) is 8.85. The lowest BCUT2D eigenvalue weighted by Gasteiger charge is -2.12. The Hall–Kier alpha value is 0.200. The molecular weight excluding hydrogens is 253 g/mol. The van der Waals surface area contributed by atoms with Gasteiger partial charge < -0.3 is 10.1 Å². The van der Waals surface area contributed by atoms with E-state index in [9.17, 15) is 0 Å². The SMILES string of the molecule is CCOCCNC(C)c1cc(Cl)sc1Cl. The van der Waals surface area contributed by atoms with Crippen molar-refractivity contribution < 1.29 is 4.74 Å². The zero-order valence-corrected chi connectivity index (χ0v) is 11.2. The van der Waals surface area contributed by atoms with Gasteiger partial charge in [0.2, 0.25) is 0 Å². The highest BCUT2D eigenvalue weighted by atomic mass is 35.5. The van der Waals surface area contributed by atoms with Crippen LogP contribution >= 0.6 is 34.5 Å². The molecule has 1 heterocycles. The molecule has 0 aliphatic carbocycles. The van der Waals surface area contributed by atoms with Crippen molar-refractivity contribution in [2.45, 2.75) is 19.9 Å². The monoisotopic (exact) mass is 267 g/mol. The number of thiophene rings is 1. The molecule has 1 N–H and O–H groups in total. The first-order chi connectivity index (χ1) is 7.15. The molecule has 1 unspecified atom stereocenters. The predicted molar refractivity (Wildman–Crippen MR) is 67.2 cm³/mol. The molecule has 86 valence electrons. The van der Waals surface area contributed by atoms with Gasteiger partial charge in [-0.2, -0.15) is 0 Å². The summed E-state index contributed by atoms with van der Waals surface area (Å²) >= 11 is 13.3. The van der Waals surface area contributed by atoms with Crippen LogP contribution in [0.25, 0.3) is 0 Å². The molecule has 1 aromatic heterocycles. The van der Waals surface area contributed by atoms with Crippen molar-refractivity contribution in [2.75, 3.05) is 19.8 Å². The van der Waals surface area contributed by atoms with Crippen LogP contribution in [0.15, 0.2) is 6.07 Å². The van der Waals surface area contributed by atoms with Gasteiger partial charge in [0.1, 0.15) is 0 Å². The topological polar surface area (TPSA) is 21.3 Å². The summed E-state index contributed by atoms with van der Waals surface area (Å²) < 4.78 is 6.73. The molecule has 1 aromatic rings. The fraction of sp³-hybridized carbons (Fsp3) is 0.600. The second-order valence-corrected chi connectivity index (χ2v) is 5.44. The van der Waals surface area contributed by atoms with Crippen molar-refractivity contribution in [3.8, 4) is 0 Å². The second-order valence-electron chi connectivity index (χ2n) is 3.15. The minimum absolute atomic E-state index is 0.210. The average molecular weight is 268 g/mol. The van der Waals surface area contributed by atoms with Crippen LogP contribution in [-0.4, -0.2) is 19.8 Å². The number of rotatable bonds is 6. The summed E-state index contributed by atoms with van der Waals surface area (Å²) in [7, 11) is 0. The molecule has 0 spiro atoms. The maximum absolute atomic E-state index is 6.04. The minimum Gasteiger partial charge on any atom is -0.380 e. The first-order valence-corrected chi connectivity index (χ1v) is 6.48. The molecule has 0 aliphatic rings. The summed E-state index contributed by atoms with van der Waals surface area (Å²) in [6.07, 6.45) is 0. The van der Waals surface area contributed by atoms with Crippen LogP contribution in [0.4, 0.5) is 0 Å². The van der Waals surface area contributed by atoms with Crippen LogP contribution in [0.3, 0.4) is 0 Å². The first kappa shape index (κ1) is 13.3. The van der Waals surface area contributed by atoms with Gasteiger partial charge in [-0.25, -0.2) is 0 Å². The molecule has 0 saturated heterocycles. The van der Waals surface area contributed by atoms with Gasteiger partial charge in [-0.15, -0.1) is 11.3 Å². The lowest BCUT2D eigenvalue weighted by Crippen LogP contribution is -2.23. The van der Waals surface area contributed by atoms with Gasteiger partial charge in [0.05, 0.1) is 15.3 Å². The van der Waals surface area contributed by atoms with Crippen LogP contribution in [0.2, 0.25) is 8.67 Å². The van der Waals surface area contributed by atoms with Gasteiger partial charge in [0, 0.05) is 19.2 Å². The van der Waals surface area contributed by atoms with E-state index in [-0.39, 0.29) is 6.04 Å². The number of hydrogen-bond acceptors (Lipinski definition) is 3. The summed E-state index contributed by atoms with van der Waals surface area (Å²) in [5.41, 5.74) is 1.06. The van der Waals surface area contributed by atoms with Crippen LogP contribution < -0.4 is 5.32 Å². The van der Waals surface area contributed by atoms with Crippen molar-refractivity contribution in [3.63, 3.8) is 0 Å². The Labute approximate surface area is 105 Å². The van der Waals surface area contributed by atoms with Crippen molar-refractivity contribution in [1.29, 1.82) is 0 Å². The Morgan fingerprint density at radius 2 is 2.27 bits per heavy atom. The molecule has 5 heteroatoms. The number of hydrogen-bond donors (Lipinski definition) is 1. The Balaban J connectivity index is 2.39. The molecule has 0 radical (unpaired) electrons. The van der Waals surface area contributed by atoms with E-state index in [1.54, 1.807) is 0 Å². The van der Waals surface area contributed by atoms with Crippen molar-refractivity contribution >= 4 is 34.5 Å². The third-order valence-corrected chi connectivity index (χ3v) is 3.57. The molecule has 1 rings (SSSR count). The molecule has 0 fully saturated rings. The second kappa shape index (κ2) is 6.71. The van der Waals surface area contributed by atoms with E-state index in [4.69, 9.17) is 27.9 Å². The molecule has 0 bridgehead atoms. The number of halogens is 2. The summed E-state index contributed by atoms with van der Waals surface area (Å²) in [6.45, 7) is 6.34. The lowest BCUT2D eigenvalue weighted by atomic mass is 10.2. The van der Waals surface area contributed by atoms with E-state index in [0.29, 0.717) is 0 Å². The van der Waals surface area contributed by atoms with Crippen LogP contribution in [0.5, 0.6) is 0 Å². The Bertz CT molecular complexity index is 304. The van der Waals surface area contributed by atoms with Crippen LogP contribution in [-0.2, 0) is 4.74 Å². The molecule has 2 nitrogen and oxygen atoms in total. The van der Waals surface area contributed by atoms with Crippen molar-refractivity contribution in [1.82, 2.24) is 5.32 Å². The van der Waals surface area contributed by atoms with E-state index >= 15 is 0 Å². The Morgan fingerprint density at radius 1 is 1.53 bits per heavy atom. The molecule has 15 heavy (non-hydrogen) atoms. The highest BCUT2D eigenvalue weighted by Gasteiger charge is 2.12. The smallest absolute Gasteiger partial charge is 0.0991 e. The van der Waals surface area contributed by atoms with Gasteiger partial charge in [0.25, 0.3) is 0 Å². The molecule has 0 aliphatic heterocycles. The largest absolute Gasteiger partial charge is 0.380 e. The van der Waals surface area contributed by atoms with Crippen LogP contribution in [0, 0.1) is 0 Å². The molecule has 0 aromatic carbocycles. The molecular formula is C10H15Cl2NOS. The standard InChI is InChI=1S/C10H15Cl2NOS/c1-3-14-5-4-13-7(2)8-6-9(11)15-10(8)12/h6-7,13H,3-5H2,1-2H3. The maximum Gasteiger partial charge on any atom is 0.0991 e. The quantitative estimate of drug-likeness (QED) is 0.793. The first-order valence-electron chi connectivity index (χ1n) is 4.91. The average Bonchev–Trinajstić information content (AvgIpc) is 2.52. The maximum atomic E-state index is 6.04. The zero-order chi connectivity index (χ0) is 11.3. The van der Waals surface area contributed by atoms with Crippen molar-refractivity contribution in [3.05, 3.63) is 20.3 Å². The lowest BCUT2D eigenvalue weighted by molar-refractivity contribution is 0.147. The van der Waals surface area contributed by atoms with E-state index in [1.807, 2.05) is 13.0 Å². The fourth-order valence-electron chi connectivity index (χ4n) is 1.25. The number of nitrogens with one attached hydrogen (secondary N) is 1. The molecule has 1 atom stereocenters. The summed E-state index contributed by atoms with van der Waals surface area (Å²) in [5.74, 6) is 0. The summed E-state index contributed by atoms with van der Waals surface area (Å²) in [6, 6.07) is 2.12. The molecule has 0 amide bonds. The Kier molecular flexibility index (Phi) is 5.94. The van der Waals surface area contributed by atoms with Gasteiger partial charge in [0.15, 0.2) is 0 Å². The van der Waals surface area contributed by atoms with Gasteiger partial charge in [-0.3, -0.25) is 0 Å². The summed E-state index contributed by atoms with van der Waals surface area (Å²) in [5, 5.41) is 3.33. The highest BCUT2D eigenvalue weighted by Crippen LogP contribution is 2.34. The fourth-order valence-corrected chi connectivity index (χ4v) is 2.90. The van der Waals surface area contributed by atoms with Crippen molar-refractivity contribution in [2.24, 2.45) is 0 Å². The van der Waals surface area contributed by atoms with E-state index in [1.165, 1.54) is 11.3 Å². The van der Waals surface area contributed by atoms with E-state index < -0.39 is 0 Å². The third kappa shape index (κ3) is 4.29. The third-order valence-electron chi connectivity index (χ3n) is 2.05. The highest BCUT2D eigenvalue weighted by molar-refractivity contribution is 7.20. The number of ether oxygens (including phenoxy) is 1. The minimum atomic E-state index is 0.210. The summed E-state index contributed by atoms with van der Waals surface area (Å²) in [4.78, 5) is 0. The Morgan fingerprint density at radius 3 is 2.80 bits per heavy atom.